The summed E-state index contributed by atoms with van der Waals surface area (Å²) in [6, 6.07) is 14.0. The normalized spacial score (nSPS) is 12.0. The van der Waals surface area contributed by atoms with E-state index >= 15 is 0 Å². The van der Waals surface area contributed by atoms with Gasteiger partial charge in [0, 0.05) is 40.2 Å². The molecule has 0 radical (unpaired) electrons. The molecule has 0 spiro atoms. The SMILES string of the molecule is Cc1cc(=O)oc2cc(OCC(=O)O[C@@H](C)C(=O)c3cc(C)n(-c4ccc(OC(F)F)cc4)c3C)ccc12. The number of hydrogen-bond donors (Lipinski definition) is 0. The largest absolute Gasteiger partial charge is 0.482 e. The summed E-state index contributed by atoms with van der Waals surface area (Å²) in [6.07, 6.45) is -1.08. The van der Waals surface area contributed by atoms with Crippen molar-refractivity contribution in [2.75, 3.05) is 6.61 Å². The van der Waals surface area contributed by atoms with Crippen molar-refractivity contribution >= 4 is 22.7 Å². The molecule has 0 saturated heterocycles. The Morgan fingerprint density at radius 1 is 0.974 bits per heavy atom. The summed E-state index contributed by atoms with van der Waals surface area (Å²) < 4.78 is 47.0. The number of aryl methyl sites for hydroxylation is 2. The van der Waals surface area contributed by atoms with Crippen molar-refractivity contribution in [2.24, 2.45) is 0 Å². The minimum atomic E-state index is -2.92. The second-order valence-corrected chi connectivity index (χ2v) is 8.68. The number of fused-ring (bicyclic) bond motifs is 1. The first kappa shape index (κ1) is 26.6. The van der Waals surface area contributed by atoms with Crippen LogP contribution in [0.4, 0.5) is 8.78 Å². The molecule has 10 heteroatoms. The van der Waals surface area contributed by atoms with Gasteiger partial charge in [0.15, 0.2) is 12.7 Å². The summed E-state index contributed by atoms with van der Waals surface area (Å²) in [5.41, 5.74) is 2.94. The number of carbonyl (C=O) groups is 2. The summed E-state index contributed by atoms with van der Waals surface area (Å²) in [4.78, 5) is 37.1. The fourth-order valence-corrected chi connectivity index (χ4v) is 4.23. The number of ketones is 1. The summed E-state index contributed by atoms with van der Waals surface area (Å²) >= 11 is 0. The maximum atomic E-state index is 13.1. The number of nitrogens with zero attached hydrogens (tertiary/aromatic N) is 1. The van der Waals surface area contributed by atoms with Gasteiger partial charge in [-0.1, -0.05) is 0 Å². The standard InChI is InChI=1S/C28H25F2NO7/c1-15-11-25(32)38-24-13-21(9-10-22(15)24)35-14-26(33)36-18(4)27(34)23-12-16(2)31(17(23)3)19-5-7-20(8-6-19)37-28(29)30/h5-13,18,28H,14H2,1-4H3/t18-/m0/s1. The van der Waals surface area contributed by atoms with E-state index in [9.17, 15) is 23.2 Å². The highest BCUT2D eigenvalue weighted by Crippen LogP contribution is 2.25. The molecule has 0 amide bonds. The smallest absolute Gasteiger partial charge is 0.387 e. The summed E-state index contributed by atoms with van der Waals surface area (Å²) in [5, 5.41) is 0.744. The zero-order valence-corrected chi connectivity index (χ0v) is 21.1. The molecule has 0 N–H and O–H groups in total. The number of rotatable bonds is 9. The molecule has 2 aromatic heterocycles. The predicted molar refractivity (Wildman–Crippen MR) is 134 cm³/mol. The first-order valence-electron chi connectivity index (χ1n) is 11.7. The number of ether oxygens (including phenoxy) is 3. The average molecular weight is 526 g/mol. The molecule has 0 fully saturated rings. The Morgan fingerprint density at radius 2 is 1.66 bits per heavy atom. The lowest BCUT2D eigenvalue weighted by molar-refractivity contribution is -0.148. The molecule has 38 heavy (non-hydrogen) atoms. The second kappa shape index (κ2) is 10.9. The molecule has 2 aromatic carbocycles. The molecule has 198 valence electrons. The van der Waals surface area contributed by atoms with Gasteiger partial charge in [-0.05, 0) is 75.7 Å². The zero-order valence-electron chi connectivity index (χ0n) is 21.1. The van der Waals surface area contributed by atoms with Crippen molar-refractivity contribution in [3.05, 3.63) is 87.5 Å². The van der Waals surface area contributed by atoms with Crippen molar-refractivity contribution in [1.82, 2.24) is 4.57 Å². The van der Waals surface area contributed by atoms with Gasteiger partial charge >= 0.3 is 18.2 Å². The lowest BCUT2D eigenvalue weighted by atomic mass is 10.1. The Hall–Kier alpha value is -4.47. The number of halogens is 2. The summed E-state index contributed by atoms with van der Waals surface area (Å²) in [6.45, 7) is 3.41. The number of carbonyl (C=O) groups excluding carboxylic acids is 2. The van der Waals surface area contributed by atoms with E-state index in [0.29, 0.717) is 28.3 Å². The molecular weight excluding hydrogens is 500 g/mol. The minimum Gasteiger partial charge on any atom is -0.482 e. The monoisotopic (exact) mass is 525 g/mol. The number of aromatic nitrogens is 1. The Labute approximate surface area is 216 Å². The third-order valence-electron chi connectivity index (χ3n) is 5.97. The van der Waals surface area contributed by atoms with Crippen LogP contribution in [-0.4, -0.2) is 35.6 Å². The van der Waals surface area contributed by atoms with E-state index in [-0.39, 0.29) is 5.75 Å². The van der Waals surface area contributed by atoms with Crippen molar-refractivity contribution < 1.29 is 37.0 Å². The van der Waals surface area contributed by atoms with Gasteiger partial charge < -0.3 is 23.2 Å². The minimum absolute atomic E-state index is 0.0219. The lowest BCUT2D eigenvalue weighted by Gasteiger charge is -2.14. The summed E-state index contributed by atoms with van der Waals surface area (Å²) in [7, 11) is 0. The van der Waals surface area contributed by atoms with E-state index < -0.39 is 36.7 Å². The van der Waals surface area contributed by atoms with Gasteiger partial charge in [-0.15, -0.1) is 0 Å². The molecule has 0 saturated carbocycles. The van der Waals surface area contributed by atoms with Gasteiger partial charge in [-0.25, -0.2) is 9.59 Å². The molecule has 4 rings (SSSR count). The van der Waals surface area contributed by atoms with Gasteiger partial charge in [-0.3, -0.25) is 4.79 Å². The van der Waals surface area contributed by atoms with E-state index in [4.69, 9.17) is 13.9 Å². The zero-order chi connectivity index (χ0) is 27.6. The molecule has 0 aliphatic rings. The van der Waals surface area contributed by atoms with Crippen LogP contribution in [0.5, 0.6) is 11.5 Å². The van der Waals surface area contributed by atoms with Gasteiger partial charge in [0.25, 0.3) is 0 Å². The maximum absolute atomic E-state index is 13.1. The summed E-state index contributed by atoms with van der Waals surface area (Å²) in [5.74, 6) is -0.831. The molecule has 8 nitrogen and oxygen atoms in total. The number of hydrogen-bond acceptors (Lipinski definition) is 7. The first-order valence-corrected chi connectivity index (χ1v) is 11.7. The van der Waals surface area contributed by atoms with Crippen LogP contribution < -0.4 is 15.1 Å². The molecule has 0 bridgehead atoms. The topological polar surface area (TPSA) is 97.0 Å². The maximum Gasteiger partial charge on any atom is 0.387 e. The molecule has 4 aromatic rings. The average Bonchev–Trinajstić information content (AvgIpc) is 3.15. The van der Waals surface area contributed by atoms with Crippen molar-refractivity contribution in [3.8, 4) is 17.2 Å². The van der Waals surface area contributed by atoms with Crippen LogP contribution in [-0.2, 0) is 9.53 Å². The molecule has 0 aliphatic heterocycles. The van der Waals surface area contributed by atoms with E-state index in [1.165, 1.54) is 31.2 Å². The number of alkyl halides is 2. The van der Waals surface area contributed by atoms with E-state index in [1.807, 2.05) is 0 Å². The molecule has 1 atom stereocenters. The van der Waals surface area contributed by atoms with Crippen molar-refractivity contribution in [1.29, 1.82) is 0 Å². The van der Waals surface area contributed by atoms with Crippen LogP contribution in [0.3, 0.4) is 0 Å². The number of benzene rings is 2. The third kappa shape index (κ3) is 5.74. The van der Waals surface area contributed by atoms with Crippen LogP contribution in [0.25, 0.3) is 16.7 Å². The Bertz CT molecular complexity index is 1550. The highest BCUT2D eigenvalue weighted by Gasteiger charge is 2.24. The molecule has 0 aliphatic carbocycles. The van der Waals surface area contributed by atoms with E-state index in [1.54, 1.807) is 55.7 Å². The Morgan fingerprint density at radius 3 is 2.34 bits per heavy atom. The number of esters is 1. The molecule has 2 heterocycles. The van der Waals surface area contributed by atoms with Crippen LogP contribution >= 0.6 is 0 Å². The quantitative estimate of drug-likeness (QED) is 0.166. The van der Waals surface area contributed by atoms with Crippen molar-refractivity contribution in [2.45, 2.75) is 40.4 Å². The predicted octanol–water partition coefficient (Wildman–Crippen LogP) is 5.30. The van der Waals surface area contributed by atoms with Gasteiger partial charge in [0.1, 0.15) is 17.1 Å². The molecular formula is C28H25F2NO7. The first-order chi connectivity index (χ1) is 18.0. The third-order valence-corrected chi connectivity index (χ3v) is 5.97. The lowest BCUT2D eigenvalue weighted by Crippen LogP contribution is -2.27. The number of Topliss-reactive ketones (excluding diaryl/α,β-unsaturated/α-hetero) is 1. The van der Waals surface area contributed by atoms with Crippen LogP contribution in [0.1, 0.15) is 34.2 Å². The van der Waals surface area contributed by atoms with E-state index in [2.05, 4.69) is 4.74 Å². The molecule has 0 unspecified atom stereocenters. The fourth-order valence-electron chi connectivity index (χ4n) is 4.23. The highest BCUT2D eigenvalue weighted by atomic mass is 19.3. The van der Waals surface area contributed by atoms with Gasteiger partial charge in [0.05, 0.1) is 0 Å². The van der Waals surface area contributed by atoms with Gasteiger partial charge in [-0.2, -0.15) is 8.78 Å². The fraction of sp³-hybridized carbons (Fsp3) is 0.250. The second-order valence-electron chi connectivity index (χ2n) is 8.68. The Kier molecular flexibility index (Phi) is 7.61. The Balaban J connectivity index is 1.41. The van der Waals surface area contributed by atoms with E-state index in [0.717, 1.165) is 16.6 Å². The van der Waals surface area contributed by atoms with Gasteiger partial charge in [0.2, 0.25) is 5.78 Å². The van der Waals surface area contributed by atoms with Crippen LogP contribution in [0.2, 0.25) is 0 Å². The van der Waals surface area contributed by atoms with Crippen LogP contribution in [0.15, 0.2) is 63.8 Å². The highest BCUT2D eigenvalue weighted by molar-refractivity contribution is 6.01. The van der Waals surface area contributed by atoms with Crippen molar-refractivity contribution in [3.63, 3.8) is 0 Å². The van der Waals surface area contributed by atoms with Crippen LogP contribution in [0, 0.1) is 20.8 Å².